The van der Waals surface area contributed by atoms with E-state index in [9.17, 15) is 19.2 Å². The van der Waals surface area contributed by atoms with Crippen molar-refractivity contribution in [3.63, 3.8) is 0 Å². The van der Waals surface area contributed by atoms with E-state index in [2.05, 4.69) is 13.2 Å². The Hall–Kier alpha value is -2.24. The van der Waals surface area contributed by atoms with Crippen molar-refractivity contribution < 1.29 is 28.7 Å². The molecule has 0 fully saturated rings. The van der Waals surface area contributed by atoms with Crippen LogP contribution in [-0.2, 0) is 28.7 Å². The van der Waals surface area contributed by atoms with Gasteiger partial charge in [-0.1, -0.05) is 13.2 Å². The topological polar surface area (TPSA) is 86.7 Å². The number of ketones is 2. The molecule has 122 valence electrons. The fraction of sp³-hybridized carbons (Fsp3) is 0.500. The molecule has 0 saturated heterocycles. The summed E-state index contributed by atoms with van der Waals surface area (Å²) in [6, 6.07) is 0. The van der Waals surface area contributed by atoms with Crippen molar-refractivity contribution in [2.75, 3.05) is 0 Å². The second-order valence-electron chi connectivity index (χ2n) is 5.05. The Morgan fingerprint density at radius 2 is 1.05 bits per heavy atom. The van der Waals surface area contributed by atoms with Crippen LogP contribution in [0.5, 0.6) is 0 Å². The van der Waals surface area contributed by atoms with E-state index >= 15 is 0 Å². The molecule has 0 N–H and O–H groups in total. The van der Waals surface area contributed by atoms with Crippen LogP contribution in [0, 0.1) is 0 Å². The Balaban J connectivity index is 4.23. The van der Waals surface area contributed by atoms with Gasteiger partial charge in [-0.2, -0.15) is 0 Å². The quantitative estimate of drug-likeness (QED) is 0.477. The van der Waals surface area contributed by atoms with Crippen molar-refractivity contribution in [1.82, 2.24) is 0 Å². The first-order valence-electron chi connectivity index (χ1n) is 6.84. The fourth-order valence-electron chi connectivity index (χ4n) is 1.52. The maximum atomic E-state index is 11.5. The first-order valence-corrected chi connectivity index (χ1v) is 6.84. The zero-order valence-electron chi connectivity index (χ0n) is 13.4. The van der Waals surface area contributed by atoms with Gasteiger partial charge >= 0.3 is 11.9 Å². The van der Waals surface area contributed by atoms with Gasteiger partial charge in [0, 0.05) is 0 Å². The minimum absolute atomic E-state index is 0.235. The molecule has 6 heteroatoms. The molecule has 0 aliphatic rings. The number of carbonyl (C=O) groups is 4. The van der Waals surface area contributed by atoms with Crippen LogP contribution in [0.4, 0.5) is 0 Å². The minimum Gasteiger partial charge on any atom is -0.454 e. The molecule has 2 atom stereocenters. The molecule has 0 aromatic heterocycles. The van der Waals surface area contributed by atoms with E-state index < -0.39 is 24.1 Å². The van der Waals surface area contributed by atoms with E-state index in [1.807, 2.05) is 0 Å². The zero-order valence-corrected chi connectivity index (χ0v) is 13.4. The first kappa shape index (κ1) is 19.8. The lowest BCUT2D eigenvalue weighted by Crippen LogP contribution is -2.26. The highest BCUT2D eigenvalue weighted by Gasteiger charge is 2.21. The largest absolute Gasteiger partial charge is 0.454 e. The Bertz CT molecular complexity index is 457. The maximum absolute atomic E-state index is 11.5. The van der Waals surface area contributed by atoms with Crippen molar-refractivity contribution in [2.45, 2.75) is 52.7 Å². The number of hydrogen-bond acceptors (Lipinski definition) is 6. The second-order valence-corrected chi connectivity index (χ2v) is 5.05. The van der Waals surface area contributed by atoms with E-state index in [0.29, 0.717) is 0 Å². The summed E-state index contributed by atoms with van der Waals surface area (Å²) in [4.78, 5) is 46.0. The first-order chi connectivity index (χ1) is 10.1. The fourth-order valence-corrected chi connectivity index (χ4v) is 1.52. The Morgan fingerprint density at radius 3 is 1.27 bits per heavy atom. The third kappa shape index (κ3) is 6.97. The highest BCUT2D eigenvalue weighted by Crippen LogP contribution is 2.07. The number of Topliss-reactive ketones (excluding diaryl/α,β-unsaturated/α-hetero) is 2. The third-order valence-electron chi connectivity index (χ3n) is 2.73. The van der Waals surface area contributed by atoms with Crippen LogP contribution in [0.2, 0.25) is 0 Å². The van der Waals surface area contributed by atoms with Crippen LogP contribution in [0.25, 0.3) is 0 Å². The van der Waals surface area contributed by atoms with Crippen molar-refractivity contribution in [3.8, 4) is 0 Å². The van der Waals surface area contributed by atoms with E-state index in [1.165, 1.54) is 27.7 Å². The smallest absolute Gasteiger partial charge is 0.307 e. The summed E-state index contributed by atoms with van der Waals surface area (Å²) in [5, 5.41) is 0. The summed E-state index contributed by atoms with van der Waals surface area (Å²) in [7, 11) is 0. The van der Waals surface area contributed by atoms with E-state index in [-0.39, 0.29) is 35.6 Å². The van der Waals surface area contributed by atoms with Crippen molar-refractivity contribution in [1.29, 1.82) is 0 Å². The minimum atomic E-state index is -0.940. The molecular weight excluding hydrogens is 288 g/mol. The standard InChI is InChI=1S/C16H22O6/c1-9(2)15(19)11(5)21-13(17)7-8-14(18)22-12(6)16(20)10(3)4/h11-12H,1,3,7-8H2,2,4-6H3. The van der Waals surface area contributed by atoms with Gasteiger partial charge in [-0.15, -0.1) is 0 Å². The van der Waals surface area contributed by atoms with E-state index in [0.717, 1.165) is 0 Å². The van der Waals surface area contributed by atoms with Crippen molar-refractivity contribution in [3.05, 3.63) is 24.3 Å². The highest BCUT2D eigenvalue weighted by atomic mass is 16.6. The van der Waals surface area contributed by atoms with Crippen LogP contribution < -0.4 is 0 Å². The van der Waals surface area contributed by atoms with Gasteiger partial charge in [0.1, 0.15) is 0 Å². The Morgan fingerprint density at radius 1 is 0.773 bits per heavy atom. The predicted molar refractivity (Wildman–Crippen MR) is 80.0 cm³/mol. The summed E-state index contributed by atoms with van der Waals surface area (Å²) >= 11 is 0. The van der Waals surface area contributed by atoms with Gasteiger partial charge in [-0.3, -0.25) is 19.2 Å². The molecule has 6 nitrogen and oxygen atoms in total. The van der Waals surface area contributed by atoms with Gasteiger partial charge < -0.3 is 9.47 Å². The van der Waals surface area contributed by atoms with Crippen LogP contribution >= 0.6 is 0 Å². The average Bonchev–Trinajstić information content (AvgIpc) is 2.42. The number of rotatable bonds is 9. The van der Waals surface area contributed by atoms with Gasteiger partial charge in [0.15, 0.2) is 23.8 Å². The van der Waals surface area contributed by atoms with Gasteiger partial charge in [-0.05, 0) is 38.8 Å². The van der Waals surface area contributed by atoms with Crippen LogP contribution in [0.1, 0.15) is 40.5 Å². The summed E-state index contributed by atoms with van der Waals surface area (Å²) in [6.45, 7) is 12.8. The molecule has 2 unspecified atom stereocenters. The molecule has 0 amide bonds. The molecule has 0 spiro atoms. The van der Waals surface area contributed by atoms with Crippen molar-refractivity contribution >= 4 is 23.5 Å². The molecule has 0 heterocycles. The van der Waals surface area contributed by atoms with Gasteiger partial charge in [0.2, 0.25) is 0 Å². The molecule has 0 bridgehead atoms. The normalized spacial score (nSPS) is 12.7. The average molecular weight is 310 g/mol. The van der Waals surface area contributed by atoms with Gasteiger partial charge in [-0.25, -0.2) is 0 Å². The molecule has 22 heavy (non-hydrogen) atoms. The monoisotopic (exact) mass is 310 g/mol. The molecule has 0 saturated carbocycles. The number of hydrogen-bond donors (Lipinski definition) is 0. The molecule has 0 aromatic rings. The summed E-state index contributed by atoms with van der Waals surface area (Å²) in [5.74, 6) is -2.15. The SMILES string of the molecule is C=C(C)C(=O)C(C)OC(=O)CCC(=O)OC(C)C(=O)C(=C)C. The number of ether oxygens (including phenoxy) is 2. The molecule has 0 radical (unpaired) electrons. The Labute approximate surface area is 130 Å². The summed E-state index contributed by atoms with van der Waals surface area (Å²) in [6.07, 6.45) is -2.35. The summed E-state index contributed by atoms with van der Waals surface area (Å²) in [5.41, 5.74) is 0.568. The second kappa shape index (κ2) is 8.92. The molecule has 0 rings (SSSR count). The van der Waals surface area contributed by atoms with Crippen LogP contribution in [0.3, 0.4) is 0 Å². The lowest BCUT2D eigenvalue weighted by atomic mass is 10.1. The number of esters is 2. The summed E-state index contributed by atoms with van der Waals surface area (Å²) < 4.78 is 9.75. The lowest BCUT2D eigenvalue weighted by Gasteiger charge is -2.13. The molecule has 0 aromatic carbocycles. The van der Waals surface area contributed by atoms with Gasteiger partial charge in [0.25, 0.3) is 0 Å². The maximum Gasteiger partial charge on any atom is 0.307 e. The third-order valence-corrected chi connectivity index (χ3v) is 2.73. The van der Waals surface area contributed by atoms with Crippen LogP contribution in [-0.4, -0.2) is 35.7 Å². The lowest BCUT2D eigenvalue weighted by molar-refractivity contribution is -0.158. The highest BCUT2D eigenvalue weighted by molar-refractivity contribution is 5.99. The van der Waals surface area contributed by atoms with Crippen molar-refractivity contribution in [2.24, 2.45) is 0 Å². The Kier molecular flexibility index (Phi) is 8.01. The molecule has 0 aliphatic carbocycles. The predicted octanol–water partition coefficient (Wildman–Crippen LogP) is 1.92. The molecule has 0 aliphatic heterocycles. The van der Waals surface area contributed by atoms with Gasteiger partial charge in [0.05, 0.1) is 12.8 Å². The van der Waals surface area contributed by atoms with E-state index in [1.54, 1.807) is 0 Å². The number of carbonyl (C=O) groups excluding carboxylic acids is 4. The molecular formula is C16H22O6. The van der Waals surface area contributed by atoms with E-state index in [4.69, 9.17) is 9.47 Å². The zero-order chi connectivity index (χ0) is 17.4. The van der Waals surface area contributed by atoms with Crippen LogP contribution in [0.15, 0.2) is 24.3 Å².